The third-order valence-corrected chi connectivity index (χ3v) is 2.84. The average Bonchev–Trinajstić information content (AvgIpc) is 2.58. The van der Waals surface area contributed by atoms with Crippen molar-refractivity contribution in [3.63, 3.8) is 0 Å². The molecule has 2 nitrogen and oxygen atoms in total. The summed E-state index contributed by atoms with van der Waals surface area (Å²) >= 11 is 3.09. The molecule has 0 aromatic carbocycles. The highest BCUT2D eigenvalue weighted by molar-refractivity contribution is 9.10. The summed E-state index contributed by atoms with van der Waals surface area (Å²) in [6, 6.07) is 2.99. The van der Waals surface area contributed by atoms with Gasteiger partial charge in [-0.15, -0.1) is 0 Å². The number of hydrogen-bond acceptors (Lipinski definition) is 1. The van der Waals surface area contributed by atoms with Gasteiger partial charge in [-0.2, -0.15) is 22.0 Å². The van der Waals surface area contributed by atoms with Crippen LogP contribution in [0.4, 0.5) is 22.0 Å². The van der Waals surface area contributed by atoms with E-state index in [0.29, 0.717) is 9.99 Å². The number of fused-ring (bicyclic) bond motifs is 1. The number of pyridine rings is 1. The first kappa shape index (κ1) is 13.3. The molecule has 0 aliphatic rings. The fourth-order valence-corrected chi connectivity index (χ4v) is 1.85. The van der Waals surface area contributed by atoms with Gasteiger partial charge in [0.1, 0.15) is 4.60 Å². The monoisotopic (exact) mass is 328 g/mol. The second-order valence-electron chi connectivity index (χ2n) is 3.71. The van der Waals surface area contributed by atoms with Gasteiger partial charge in [-0.05, 0) is 28.1 Å². The molecule has 2 rings (SSSR count). The maximum atomic E-state index is 12.9. The van der Waals surface area contributed by atoms with E-state index in [1.54, 1.807) is 0 Å². The molecular formula is C10H6BrF5N2. The number of halogens is 6. The number of aromatic nitrogens is 2. The number of hydrogen-bond donors (Lipinski definition) is 0. The van der Waals surface area contributed by atoms with Crippen molar-refractivity contribution in [2.75, 3.05) is 0 Å². The van der Waals surface area contributed by atoms with E-state index >= 15 is 0 Å². The zero-order valence-electron chi connectivity index (χ0n) is 8.68. The SMILES string of the molecule is FC(F)(F)C(F)(F)Cn1ccc2cc(Br)ncc21. The van der Waals surface area contributed by atoms with Gasteiger partial charge in [-0.25, -0.2) is 4.98 Å². The zero-order chi connectivity index (χ0) is 13.6. The van der Waals surface area contributed by atoms with Crippen molar-refractivity contribution in [3.8, 4) is 0 Å². The first-order chi connectivity index (χ1) is 8.21. The van der Waals surface area contributed by atoms with Crippen LogP contribution in [-0.4, -0.2) is 21.6 Å². The lowest BCUT2D eigenvalue weighted by atomic mass is 10.3. The van der Waals surface area contributed by atoms with E-state index in [9.17, 15) is 22.0 Å². The maximum Gasteiger partial charge on any atom is 0.455 e. The highest BCUT2D eigenvalue weighted by atomic mass is 79.9. The van der Waals surface area contributed by atoms with Gasteiger partial charge in [0.2, 0.25) is 0 Å². The molecular weight excluding hydrogens is 323 g/mol. The summed E-state index contributed by atoms with van der Waals surface area (Å²) in [5.74, 6) is -4.77. The molecule has 2 aromatic rings. The van der Waals surface area contributed by atoms with Crippen molar-refractivity contribution in [1.82, 2.24) is 9.55 Å². The minimum atomic E-state index is -5.56. The largest absolute Gasteiger partial charge is 0.455 e. The van der Waals surface area contributed by atoms with Gasteiger partial charge in [0.15, 0.2) is 0 Å². The molecule has 8 heteroatoms. The molecule has 18 heavy (non-hydrogen) atoms. The van der Waals surface area contributed by atoms with Gasteiger partial charge in [-0.3, -0.25) is 0 Å². The molecule has 0 saturated carbocycles. The summed E-state index contributed by atoms with van der Waals surface area (Å²) in [6.07, 6.45) is -3.14. The van der Waals surface area contributed by atoms with Gasteiger partial charge >= 0.3 is 12.1 Å². The van der Waals surface area contributed by atoms with Crippen molar-refractivity contribution < 1.29 is 22.0 Å². The van der Waals surface area contributed by atoms with Crippen LogP contribution < -0.4 is 0 Å². The molecule has 0 aliphatic heterocycles. The van der Waals surface area contributed by atoms with Crippen LogP contribution in [0.25, 0.3) is 10.9 Å². The van der Waals surface area contributed by atoms with Crippen LogP contribution in [0.2, 0.25) is 0 Å². The van der Waals surface area contributed by atoms with Gasteiger partial charge < -0.3 is 4.57 Å². The Morgan fingerprint density at radius 1 is 1.22 bits per heavy atom. The van der Waals surface area contributed by atoms with Gasteiger partial charge in [0.05, 0.1) is 18.3 Å². The quantitative estimate of drug-likeness (QED) is 0.602. The van der Waals surface area contributed by atoms with Crippen molar-refractivity contribution >= 4 is 26.8 Å². The van der Waals surface area contributed by atoms with E-state index in [-0.39, 0.29) is 5.52 Å². The smallest absolute Gasteiger partial charge is 0.340 e. The molecule has 0 fully saturated rings. The van der Waals surface area contributed by atoms with Crippen LogP contribution in [-0.2, 0) is 6.54 Å². The Bertz CT molecular complexity index is 575. The summed E-state index contributed by atoms with van der Waals surface area (Å²) in [6.45, 7) is -1.46. The van der Waals surface area contributed by atoms with E-state index in [4.69, 9.17) is 0 Å². The lowest BCUT2D eigenvalue weighted by Crippen LogP contribution is -2.40. The molecule has 0 amide bonds. The van der Waals surface area contributed by atoms with Crippen LogP contribution in [0.3, 0.4) is 0 Å². The second kappa shape index (κ2) is 4.18. The summed E-state index contributed by atoms with van der Waals surface area (Å²) < 4.78 is 63.5. The second-order valence-corrected chi connectivity index (χ2v) is 4.52. The third kappa shape index (κ3) is 2.33. The molecule has 0 bridgehead atoms. The topological polar surface area (TPSA) is 17.8 Å². The van der Waals surface area contributed by atoms with Crippen LogP contribution in [0.1, 0.15) is 0 Å². The van der Waals surface area contributed by atoms with E-state index in [1.807, 2.05) is 0 Å². The lowest BCUT2D eigenvalue weighted by Gasteiger charge is -2.20. The van der Waals surface area contributed by atoms with Crippen molar-refractivity contribution in [2.24, 2.45) is 0 Å². The van der Waals surface area contributed by atoms with Gasteiger partial charge in [0, 0.05) is 11.6 Å². The Morgan fingerprint density at radius 3 is 2.50 bits per heavy atom. The molecule has 0 saturated heterocycles. The minimum Gasteiger partial charge on any atom is -0.340 e. The average molecular weight is 329 g/mol. The van der Waals surface area contributed by atoms with E-state index < -0.39 is 18.6 Å². The van der Waals surface area contributed by atoms with E-state index in [1.165, 1.54) is 24.5 Å². The van der Waals surface area contributed by atoms with Crippen LogP contribution in [0.15, 0.2) is 29.1 Å². The van der Waals surface area contributed by atoms with E-state index in [2.05, 4.69) is 20.9 Å². The Kier molecular flexibility index (Phi) is 3.08. The molecule has 0 atom stereocenters. The highest BCUT2D eigenvalue weighted by Crippen LogP contribution is 2.37. The summed E-state index contributed by atoms with van der Waals surface area (Å²) in [5, 5.41) is 0.537. The summed E-state index contributed by atoms with van der Waals surface area (Å²) in [4.78, 5) is 3.80. The van der Waals surface area contributed by atoms with Gasteiger partial charge in [-0.1, -0.05) is 0 Å². The number of rotatable bonds is 2. The normalized spacial score (nSPS) is 13.2. The molecule has 0 radical (unpaired) electrons. The van der Waals surface area contributed by atoms with Crippen LogP contribution in [0, 0.1) is 0 Å². The zero-order valence-corrected chi connectivity index (χ0v) is 10.3. The van der Waals surface area contributed by atoms with Crippen LogP contribution >= 0.6 is 15.9 Å². The van der Waals surface area contributed by atoms with Crippen molar-refractivity contribution in [2.45, 2.75) is 18.6 Å². The van der Waals surface area contributed by atoms with Crippen molar-refractivity contribution in [1.29, 1.82) is 0 Å². The molecule has 0 aliphatic carbocycles. The summed E-state index contributed by atoms with van der Waals surface area (Å²) in [7, 11) is 0. The lowest BCUT2D eigenvalue weighted by molar-refractivity contribution is -0.286. The first-order valence-corrected chi connectivity index (χ1v) is 5.55. The highest BCUT2D eigenvalue weighted by Gasteiger charge is 2.57. The molecule has 2 heterocycles. The molecule has 2 aromatic heterocycles. The fourth-order valence-electron chi connectivity index (χ4n) is 1.50. The number of nitrogens with zero attached hydrogens (tertiary/aromatic N) is 2. The molecule has 0 unspecified atom stereocenters. The van der Waals surface area contributed by atoms with Gasteiger partial charge in [0.25, 0.3) is 0 Å². The molecule has 0 spiro atoms. The third-order valence-electron chi connectivity index (χ3n) is 2.41. The van der Waals surface area contributed by atoms with E-state index in [0.717, 1.165) is 4.57 Å². The minimum absolute atomic E-state index is 0.224. The molecule has 0 N–H and O–H groups in total. The Balaban J connectivity index is 2.39. The maximum absolute atomic E-state index is 12.9. The first-order valence-electron chi connectivity index (χ1n) is 4.76. The Morgan fingerprint density at radius 2 is 1.89 bits per heavy atom. The molecule has 98 valence electrons. The fraction of sp³-hybridized carbons (Fsp3) is 0.300. The predicted molar refractivity (Wildman–Crippen MR) is 58.4 cm³/mol. The standard InChI is InChI=1S/C10H6BrF5N2/c11-8-3-6-1-2-18(7(6)4-17-8)5-9(12,13)10(14,15)16/h1-4H,5H2. The Hall–Kier alpha value is -1.18. The number of alkyl halides is 5. The van der Waals surface area contributed by atoms with Crippen LogP contribution in [0.5, 0.6) is 0 Å². The Labute approximate surface area is 107 Å². The predicted octanol–water partition coefficient (Wildman–Crippen LogP) is 4.00. The van der Waals surface area contributed by atoms with Crippen molar-refractivity contribution in [3.05, 3.63) is 29.1 Å². The summed E-state index contributed by atoms with van der Waals surface area (Å²) in [5.41, 5.74) is 0.224.